The molecule has 1 saturated heterocycles. The van der Waals surface area contributed by atoms with Gasteiger partial charge in [-0.2, -0.15) is 0 Å². The van der Waals surface area contributed by atoms with Crippen molar-refractivity contribution >= 4 is 17.0 Å². The van der Waals surface area contributed by atoms with Crippen molar-refractivity contribution in [3.05, 3.63) is 51.2 Å². The zero-order valence-corrected chi connectivity index (χ0v) is 14.1. The molecule has 1 aromatic carbocycles. The Labute approximate surface area is 132 Å². The third-order valence-corrected chi connectivity index (χ3v) is 5.40. The van der Waals surface area contributed by atoms with Crippen molar-refractivity contribution in [2.45, 2.75) is 27.3 Å². The summed E-state index contributed by atoms with van der Waals surface area (Å²) < 4.78 is 0. The van der Waals surface area contributed by atoms with Crippen LogP contribution in [0.3, 0.4) is 0 Å². The third kappa shape index (κ3) is 3.47. The minimum absolute atomic E-state index is 1.17. The van der Waals surface area contributed by atoms with Crippen LogP contribution in [-0.4, -0.2) is 26.2 Å². The van der Waals surface area contributed by atoms with Crippen molar-refractivity contribution in [2.24, 2.45) is 0 Å². The lowest BCUT2D eigenvalue weighted by molar-refractivity contribution is -0.914. The smallest absolute Gasteiger partial charge is 0.112 e. The summed E-state index contributed by atoms with van der Waals surface area (Å²) in [7, 11) is 0. The van der Waals surface area contributed by atoms with Gasteiger partial charge in [0, 0.05) is 10.6 Å². The molecule has 0 amide bonds. The van der Waals surface area contributed by atoms with Crippen LogP contribution in [-0.2, 0) is 6.54 Å². The molecule has 1 fully saturated rings. The Morgan fingerprint density at radius 1 is 1.05 bits per heavy atom. The second-order valence-electron chi connectivity index (χ2n) is 6.22. The molecule has 21 heavy (non-hydrogen) atoms. The van der Waals surface area contributed by atoms with E-state index in [1.165, 1.54) is 59.3 Å². The lowest BCUT2D eigenvalue weighted by Crippen LogP contribution is -3.13. The van der Waals surface area contributed by atoms with Gasteiger partial charge in [0.2, 0.25) is 0 Å². The Kier molecular flexibility index (Phi) is 4.32. The van der Waals surface area contributed by atoms with Gasteiger partial charge in [-0.15, -0.1) is 11.3 Å². The molecule has 0 radical (unpaired) electrons. The van der Waals surface area contributed by atoms with E-state index in [9.17, 15) is 0 Å². The van der Waals surface area contributed by atoms with Crippen LogP contribution in [0.4, 0.5) is 5.69 Å². The topological polar surface area (TPSA) is 7.68 Å². The number of benzene rings is 1. The van der Waals surface area contributed by atoms with Gasteiger partial charge in [-0.05, 0) is 50.1 Å². The summed E-state index contributed by atoms with van der Waals surface area (Å²) in [6.45, 7) is 12.6. The summed E-state index contributed by atoms with van der Waals surface area (Å²) in [5.41, 5.74) is 4.19. The predicted octanol–water partition coefficient (Wildman–Crippen LogP) is 2.58. The van der Waals surface area contributed by atoms with Crippen molar-refractivity contribution < 1.29 is 4.90 Å². The van der Waals surface area contributed by atoms with Crippen molar-refractivity contribution in [3.8, 4) is 0 Å². The summed E-state index contributed by atoms with van der Waals surface area (Å²) in [6.07, 6.45) is 0. The van der Waals surface area contributed by atoms with E-state index in [0.29, 0.717) is 0 Å². The fourth-order valence-corrected chi connectivity index (χ4v) is 4.09. The van der Waals surface area contributed by atoms with Crippen LogP contribution >= 0.6 is 11.3 Å². The maximum Gasteiger partial charge on any atom is 0.112 e. The Morgan fingerprint density at radius 2 is 1.81 bits per heavy atom. The molecule has 112 valence electrons. The number of thiophene rings is 1. The standard InChI is InChI=1S/C18H24N2S/c1-14-4-5-15(2)18(12-14)20-10-8-19(9-11-20)13-17-7-6-16(3)21-17/h4-7,12H,8-11,13H2,1-3H3/p+1. The second kappa shape index (κ2) is 6.20. The van der Waals surface area contributed by atoms with Gasteiger partial charge in [0.15, 0.2) is 0 Å². The van der Waals surface area contributed by atoms with E-state index in [1.807, 2.05) is 11.3 Å². The Hall–Kier alpha value is -1.32. The van der Waals surface area contributed by atoms with Gasteiger partial charge in [-0.1, -0.05) is 12.1 Å². The van der Waals surface area contributed by atoms with Gasteiger partial charge < -0.3 is 9.80 Å². The number of quaternary nitrogens is 1. The molecule has 3 heteroatoms. The Morgan fingerprint density at radius 3 is 2.48 bits per heavy atom. The van der Waals surface area contributed by atoms with Gasteiger partial charge in [0.05, 0.1) is 31.1 Å². The van der Waals surface area contributed by atoms with Crippen LogP contribution in [0.25, 0.3) is 0 Å². The summed E-state index contributed by atoms with van der Waals surface area (Å²) in [5, 5.41) is 0. The fourth-order valence-electron chi connectivity index (χ4n) is 3.13. The molecule has 0 spiro atoms. The van der Waals surface area contributed by atoms with E-state index in [1.54, 1.807) is 4.90 Å². The molecule has 1 N–H and O–H groups in total. The molecular formula is C18H25N2S+. The lowest BCUT2D eigenvalue weighted by atomic mass is 10.1. The molecule has 1 aliphatic rings. The number of piperazine rings is 1. The zero-order valence-electron chi connectivity index (χ0n) is 13.3. The van der Waals surface area contributed by atoms with Crippen LogP contribution in [0.2, 0.25) is 0 Å². The molecule has 0 aliphatic carbocycles. The lowest BCUT2D eigenvalue weighted by Gasteiger charge is -2.34. The maximum absolute atomic E-state index is 2.56. The number of hydrogen-bond donors (Lipinski definition) is 1. The minimum Gasteiger partial charge on any atom is -0.360 e. The molecular weight excluding hydrogens is 276 g/mol. The molecule has 0 saturated carbocycles. The Bertz CT molecular complexity index is 609. The monoisotopic (exact) mass is 301 g/mol. The van der Waals surface area contributed by atoms with Crippen LogP contribution in [0.5, 0.6) is 0 Å². The van der Waals surface area contributed by atoms with Gasteiger partial charge in [0.1, 0.15) is 6.54 Å². The second-order valence-corrected chi connectivity index (χ2v) is 7.59. The molecule has 3 rings (SSSR count). The first-order valence-electron chi connectivity index (χ1n) is 7.83. The number of anilines is 1. The molecule has 2 heterocycles. The molecule has 2 aromatic rings. The van der Waals surface area contributed by atoms with E-state index in [-0.39, 0.29) is 0 Å². The zero-order chi connectivity index (χ0) is 14.8. The van der Waals surface area contributed by atoms with Gasteiger partial charge >= 0.3 is 0 Å². The van der Waals surface area contributed by atoms with Crippen LogP contribution in [0, 0.1) is 20.8 Å². The number of nitrogens with one attached hydrogen (secondary N) is 1. The number of aryl methyl sites for hydroxylation is 3. The molecule has 0 atom stereocenters. The predicted molar refractivity (Wildman–Crippen MR) is 91.6 cm³/mol. The first-order valence-corrected chi connectivity index (χ1v) is 8.64. The van der Waals surface area contributed by atoms with Crippen molar-refractivity contribution in [3.63, 3.8) is 0 Å². The van der Waals surface area contributed by atoms with Crippen molar-refractivity contribution in [2.75, 3.05) is 31.1 Å². The summed E-state index contributed by atoms with van der Waals surface area (Å²) in [6, 6.07) is 11.3. The van der Waals surface area contributed by atoms with Gasteiger partial charge in [-0.3, -0.25) is 0 Å². The van der Waals surface area contributed by atoms with E-state index >= 15 is 0 Å². The van der Waals surface area contributed by atoms with E-state index in [0.717, 1.165) is 0 Å². The average molecular weight is 301 g/mol. The quantitative estimate of drug-likeness (QED) is 0.915. The summed E-state index contributed by atoms with van der Waals surface area (Å²) in [5.74, 6) is 0. The number of hydrogen-bond acceptors (Lipinski definition) is 2. The third-order valence-electron chi connectivity index (χ3n) is 4.40. The highest BCUT2D eigenvalue weighted by molar-refractivity contribution is 7.11. The average Bonchev–Trinajstić information content (AvgIpc) is 2.88. The Balaban J connectivity index is 1.61. The highest BCUT2D eigenvalue weighted by atomic mass is 32.1. The van der Waals surface area contributed by atoms with Crippen LogP contribution in [0.1, 0.15) is 20.9 Å². The molecule has 1 aromatic heterocycles. The largest absolute Gasteiger partial charge is 0.360 e. The summed E-state index contributed by atoms with van der Waals surface area (Å²) >= 11 is 1.95. The first-order chi connectivity index (χ1) is 10.1. The van der Waals surface area contributed by atoms with Crippen LogP contribution in [0.15, 0.2) is 30.3 Å². The molecule has 1 aliphatic heterocycles. The van der Waals surface area contributed by atoms with E-state index in [4.69, 9.17) is 0 Å². The highest BCUT2D eigenvalue weighted by Crippen LogP contribution is 2.21. The molecule has 0 bridgehead atoms. The number of nitrogens with zero attached hydrogens (tertiary/aromatic N) is 1. The van der Waals surface area contributed by atoms with Gasteiger partial charge in [-0.25, -0.2) is 0 Å². The highest BCUT2D eigenvalue weighted by Gasteiger charge is 2.21. The maximum atomic E-state index is 2.56. The van der Waals surface area contributed by atoms with Crippen LogP contribution < -0.4 is 9.80 Å². The SMILES string of the molecule is Cc1ccc(C)c(N2CC[NH+](Cc3ccc(C)s3)CC2)c1. The van der Waals surface area contributed by atoms with Crippen molar-refractivity contribution in [1.82, 2.24) is 0 Å². The normalized spacial score (nSPS) is 16.4. The van der Waals surface area contributed by atoms with E-state index in [2.05, 4.69) is 56.0 Å². The minimum atomic E-state index is 1.17. The van der Waals surface area contributed by atoms with E-state index < -0.39 is 0 Å². The fraction of sp³-hybridized carbons (Fsp3) is 0.444. The first kappa shape index (κ1) is 14.6. The van der Waals surface area contributed by atoms with Crippen molar-refractivity contribution in [1.29, 1.82) is 0 Å². The summed E-state index contributed by atoms with van der Waals surface area (Å²) in [4.78, 5) is 7.24. The number of rotatable bonds is 3. The molecule has 0 unspecified atom stereocenters. The molecule has 2 nitrogen and oxygen atoms in total. The van der Waals surface area contributed by atoms with Gasteiger partial charge in [0.25, 0.3) is 0 Å².